The van der Waals surface area contributed by atoms with Gasteiger partial charge in [-0.3, -0.25) is 4.79 Å². The molecule has 0 aromatic heterocycles. The second-order valence-electron chi connectivity index (χ2n) is 3.85. The number of amides is 1. The lowest BCUT2D eigenvalue weighted by Crippen LogP contribution is -2.12. The Morgan fingerprint density at radius 1 is 1.00 bits per heavy atom. The van der Waals surface area contributed by atoms with Crippen molar-refractivity contribution in [1.29, 1.82) is 0 Å². The van der Waals surface area contributed by atoms with Crippen LogP contribution in [0.15, 0.2) is 36.4 Å². The van der Waals surface area contributed by atoms with E-state index < -0.39 is 0 Å². The van der Waals surface area contributed by atoms with Gasteiger partial charge in [0.2, 0.25) is 0 Å². The fourth-order valence-corrected chi connectivity index (χ4v) is 2.20. The van der Waals surface area contributed by atoms with Gasteiger partial charge in [0.15, 0.2) is 0 Å². The van der Waals surface area contributed by atoms with Crippen LogP contribution in [0.5, 0.6) is 0 Å². The van der Waals surface area contributed by atoms with Crippen LogP contribution in [0, 0.1) is 0 Å². The summed E-state index contributed by atoms with van der Waals surface area (Å²) in [6.07, 6.45) is 0. The first kappa shape index (κ1) is 14.0. The number of anilines is 2. The van der Waals surface area contributed by atoms with Crippen molar-refractivity contribution in [3.63, 3.8) is 0 Å². The Bertz CT molecular complexity index is 624. The van der Waals surface area contributed by atoms with E-state index in [1.165, 1.54) is 6.07 Å². The third kappa shape index (κ3) is 3.53. The summed E-state index contributed by atoms with van der Waals surface area (Å²) in [7, 11) is 0. The van der Waals surface area contributed by atoms with Gasteiger partial charge in [-0.2, -0.15) is 0 Å². The zero-order valence-corrected chi connectivity index (χ0v) is 11.9. The number of nitrogens with one attached hydrogen (secondary N) is 1. The second kappa shape index (κ2) is 5.70. The first-order valence-electron chi connectivity index (χ1n) is 5.28. The molecule has 2 aromatic rings. The standard InChI is InChI=1S/C13H9Cl3N2O/c14-8-4-9(15)6-10(5-8)18-13(19)7-1-2-12(17)11(16)3-7/h1-6H,17H2,(H,18,19). The Labute approximate surface area is 125 Å². The minimum absolute atomic E-state index is 0.319. The van der Waals surface area contributed by atoms with Gasteiger partial charge in [-0.25, -0.2) is 0 Å². The van der Waals surface area contributed by atoms with Crippen molar-refractivity contribution in [2.45, 2.75) is 0 Å². The predicted octanol–water partition coefficient (Wildman–Crippen LogP) is 4.48. The predicted molar refractivity (Wildman–Crippen MR) is 80.3 cm³/mol. The largest absolute Gasteiger partial charge is 0.398 e. The number of hydrogen-bond donors (Lipinski definition) is 2. The summed E-state index contributed by atoms with van der Waals surface area (Å²) in [5.41, 5.74) is 6.91. The first-order valence-corrected chi connectivity index (χ1v) is 6.41. The molecule has 0 saturated heterocycles. The number of rotatable bonds is 2. The lowest BCUT2D eigenvalue weighted by atomic mass is 10.2. The molecular weight excluding hydrogens is 307 g/mol. The summed E-state index contributed by atoms with van der Waals surface area (Å²) >= 11 is 17.6. The summed E-state index contributed by atoms with van der Waals surface area (Å²) < 4.78 is 0. The summed E-state index contributed by atoms with van der Waals surface area (Å²) in [6.45, 7) is 0. The molecule has 0 aliphatic heterocycles. The van der Waals surface area contributed by atoms with Crippen LogP contribution in [0.1, 0.15) is 10.4 Å². The molecule has 2 aromatic carbocycles. The van der Waals surface area contributed by atoms with Gasteiger partial charge in [0, 0.05) is 21.3 Å². The molecule has 0 spiro atoms. The van der Waals surface area contributed by atoms with Gasteiger partial charge in [0.1, 0.15) is 0 Å². The molecule has 0 radical (unpaired) electrons. The molecule has 98 valence electrons. The van der Waals surface area contributed by atoms with Gasteiger partial charge >= 0.3 is 0 Å². The fourth-order valence-electron chi connectivity index (χ4n) is 1.50. The van der Waals surface area contributed by atoms with E-state index in [1.807, 2.05) is 0 Å². The van der Waals surface area contributed by atoms with E-state index in [0.29, 0.717) is 32.0 Å². The Hall–Kier alpha value is -1.42. The van der Waals surface area contributed by atoms with E-state index in [2.05, 4.69) is 5.32 Å². The molecule has 6 heteroatoms. The van der Waals surface area contributed by atoms with Gasteiger partial charge in [0.05, 0.1) is 10.7 Å². The maximum atomic E-state index is 12.0. The summed E-state index contributed by atoms with van der Waals surface area (Å²) in [5.74, 6) is -0.319. The first-order chi connectivity index (χ1) is 8.95. The molecule has 0 fully saturated rings. The molecule has 19 heavy (non-hydrogen) atoms. The van der Waals surface area contributed by atoms with E-state index in [-0.39, 0.29) is 5.91 Å². The van der Waals surface area contributed by atoms with Crippen molar-refractivity contribution in [2.75, 3.05) is 11.1 Å². The Morgan fingerprint density at radius 2 is 1.63 bits per heavy atom. The van der Waals surface area contributed by atoms with Crippen LogP contribution in [0.2, 0.25) is 15.1 Å². The molecule has 0 aliphatic rings. The molecular formula is C13H9Cl3N2O. The van der Waals surface area contributed by atoms with Gasteiger partial charge in [-0.1, -0.05) is 34.8 Å². The normalized spacial score (nSPS) is 10.3. The van der Waals surface area contributed by atoms with Crippen molar-refractivity contribution in [3.8, 4) is 0 Å². The average Bonchev–Trinajstić information content (AvgIpc) is 2.31. The summed E-state index contributed by atoms with van der Waals surface area (Å²) in [4.78, 5) is 12.0. The number of nitrogen functional groups attached to an aromatic ring is 1. The van der Waals surface area contributed by atoms with E-state index in [0.717, 1.165) is 0 Å². The van der Waals surface area contributed by atoms with Crippen molar-refractivity contribution >= 4 is 52.1 Å². The SMILES string of the molecule is Nc1ccc(C(=O)Nc2cc(Cl)cc(Cl)c2)cc1Cl. The Kier molecular flexibility index (Phi) is 4.20. The Balaban J connectivity index is 2.22. The zero-order valence-electron chi connectivity index (χ0n) is 9.58. The van der Waals surface area contributed by atoms with Gasteiger partial charge < -0.3 is 11.1 Å². The van der Waals surface area contributed by atoms with E-state index in [4.69, 9.17) is 40.5 Å². The number of hydrogen-bond acceptors (Lipinski definition) is 2. The topological polar surface area (TPSA) is 55.1 Å². The molecule has 0 heterocycles. The lowest BCUT2D eigenvalue weighted by Gasteiger charge is -2.07. The highest BCUT2D eigenvalue weighted by atomic mass is 35.5. The average molecular weight is 316 g/mol. The van der Waals surface area contributed by atoms with E-state index >= 15 is 0 Å². The highest BCUT2D eigenvalue weighted by Crippen LogP contribution is 2.24. The molecule has 3 nitrogen and oxygen atoms in total. The molecule has 3 N–H and O–H groups in total. The van der Waals surface area contributed by atoms with Crippen LogP contribution < -0.4 is 11.1 Å². The summed E-state index contributed by atoms with van der Waals surface area (Å²) in [6, 6.07) is 9.44. The highest BCUT2D eigenvalue weighted by Gasteiger charge is 2.09. The van der Waals surface area contributed by atoms with Crippen LogP contribution in [0.3, 0.4) is 0 Å². The van der Waals surface area contributed by atoms with Gasteiger partial charge in [-0.05, 0) is 36.4 Å². The van der Waals surface area contributed by atoms with Crippen LogP contribution in [0.25, 0.3) is 0 Å². The van der Waals surface area contributed by atoms with Gasteiger partial charge in [0.25, 0.3) is 5.91 Å². The van der Waals surface area contributed by atoms with Crippen LogP contribution in [0.4, 0.5) is 11.4 Å². The number of carbonyl (C=O) groups excluding carboxylic acids is 1. The van der Waals surface area contributed by atoms with E-state index in [1.54, 1.807) is 30.3 Å². The van der Waals surface area contributed by atoms with Gasteiger partial charge in [-0.15, -0.1) is 0 Å². The van der Waals surface area contributed by atoms with E-state index in [9.17, 15) is 4.79 Å². The molecule has 0 unspecified atom stereocenters. The molecule has 0 bridgehead atoms. The molecule has 2 rings (SSSR count). The molecule has 0 aliphatic carbocycles. The minimum atomic E-state index is -0.319. The lowest BCUT2D eigenvalue weighted by molar-refractivity contribution is 0.102. The zero-order chi connectivity index (χ0) is 14.0. The number of carbonyl (C=O) groups is 1. The smallest absolute Gasteiger partial charge is 0.255 e. The number of benzene rings is 2. The van der Waals surface area contributed by atoms with Crippen LogP contribution >= 0.6 is 34.8 Å². The fraction of sp³-hybridized carbons (Fsp3) is 0. The number of nitrogens with two attached hydrogens (primary N) is 1. The molecule has 0 saturated carbocycles. The molecule has 1 amide bonds. The minimum Gasteiger partial charge on any atom is -0.398 e. The maximum Gasteiger partial charge on any atom is 0.255 e. The van der Waals surface area contributed by atoms with Crippen molar-refractivity contribution in [1.82, 2.24) is 0 Å². The third-order valence-corrected chi connectivity index (χ3v) is 3.15. The molecule has 0 atom stereocenters. The quantitative estimate of drug-likeness (QED) is 0.803. The third-order valence-electron chi connectivity index (χ3n) is 2.38. The Morgan fingerprint density at radius 3 is 2.21 bits per heavy atom. The second-order valence-corrected chi connectivity index (χ2v) is 5.13. The highest BCUT2D eigenvalue weighted by molar-refractivity contribution is 6.35. The van der Waals surface area contributed by atoms with Crippen LogP contribution in [-0.2, 0) is 0 Å². The maximum absolute atomic E-state index is 12.0. The van der Waals surface area contributed by atoms with Crippen molar-refractivity contribution < 1.29 is 4.79 Å². The van der Waals surface area contributed by atoms with Crippen molar-refractivity contribution in [3.05, 3.63) is 57.0 Å². The van der Waals surface area contributed by atoms with Crippen LogP contribution in [-0.4, -0.2) is 5.91 Å². The number of halogens is 3. The monoisotopic (exact) mass is 314 g/mol. The van der Waals surface area contributed by atoms with Crippen molar-refractivity contribution in [2.24, 2.45) is 0 Å². The summed E-state index contributed by atoms with van der Waals surface area (Å²) in [5, 5.41) is 3.90.